The smallest absolute Gasteiger partial charge is 0.239 e. The van der Waals surface area contributed by atoms with Crippen LogP contribution in [0, 0.1) is 0 Å². The average Bonchev–Trinajstić information content (AvgIpc) is 2.84. The van der Waals surface area contributed by atoms with Gasteiger partial charge in [0.2, 0.25) is 5.91 Å². The molecule has 0 unspecified atom stereocenters. The van der Waals surface area contributed by atoms with E-state index in [0.29, 0.717) is 6.42 Å². The zero-order chi connectivity index (χ0) is 13.1. The van der Waals surface area contributed by atoms with Crippen LogP contribution in [-0.4, -0.2) is 52.8 Å². The molecule has 8 heteroatoms. The summed E-state index contributed by atoms with van der Waals surface area (Å²) >= 11 is 0. The lowest BCUT2D eigenvalue weighted by Crippen LogP contribution is -2.53. The fraction of sp³-hybridized carbons (Fsp3) is 0.667. The third-order valence-corrected chi connectivity index (χ3v) is 3.40. The molecule has 1 amide bonds. The number of piperazine rings is 1. The first kappa shape index (κ1) is 19.0. The van der Waals surface area contributed by atoms with Crippen molar-refractivity contribution in [3.8, 4) is 0 Å². The van der Waals surface area contributed by atoms with E-state index in [1.807, 2.05) is 31.3 Å². The lowest BCUT2D eigenvalue weighted by molar-refractivity contribution is -0.132. The van der Waals surface area contributed by atoms with Gasteiger partial charge >= 0.3 is 0 Å². The molecular weight excluding hydrogens is 301 g/mol. The molecule has 6 nitrogen and oxygen atoms in total. The summed E-state index contributed by atoms with van der Waals surface area (Å²) in [6.07, 6.45) is 4.55. The van der Waals surface area contributed by atoms with Gasteiger partial charge in [-0.05, 0) is 6.42 Å². The lowest BCUT2D eigenvalue weighted by atomic mass is 10.2. The summed E-state index contributed by atoms with van der Waals surface area (Å²) in [7, 11) is 1.91. The quantitative estimate of drug-likeness (QED) is 0.886. The molecule has 0 bridgehead atoms. The first-order chi connectivity index (χ1) is 8.61. The van der Waals surface area contributed by atoms with Crippen molar-refractivity contribution in [3.05, 3.63) is 12.4 Å². The molecule has 1 aromatic rings. The van der Waals surface area contributed by atoms with E-state index in [4.69, 9.17) is 5.73 Å². The molecule has 1 aromatic heterocycles. The van der Waals surface area contributed by atoms with E-state index >= 15 is 0 Å². The molecule has 20 heavy (non-hydrogen) atoms. The second-order valence-electron chi connectivity index (χ2n) is 4.70. The molecule has 2 heterocycles. The van der Waals surface area contributed by atoms with Crippen molar-refractivity contribution in [2.45, 2.75) is 19.4 Å². The average molecular weight is 324 g/mol. The molecule has 2 rings (SSSR count). The second kappa shape index (κ2) is 8.34. The largest absolute Gasteiger partial charge is 0.365 e. The van der Waals surface area contributed by atoms with Crippen molar-refractivity contribution in [2.24, 2.45) is 12.8 Å². The van der Waals surface area contributed by atoms with Gasteiger partial charge < -0.3 is 15.5 Å². The number of anilines is 1. The van der Waals surface area contributed by atoms with Crippen molar-refractivity contribution >= 4 is 36.4 Å². The zero-order valence-corrected chi connectivity index (χ0v) is 13.5. The van der Waals surface area contributed by atoms with Crippen LogP contribution in [-0.2, 0) is 11.8 Å². The van der Waals surface area contributed by atoms with Crippen LogP contribution >= 0.6 is 24.8 Å². The van der Waals surface area contributed by atoms with Crippen molar-refractivity contribution in [1.29, 1.82) is 0 Å². The number of aromatic nitrogens is 2. The highest BCUT2D eigenvalue weighted by atomic mass is 35.5. The van der Waals surface area contributed by atoms with Crippen LogP contribution in [0.25, 0.3) is 0 Å². The normalized spacial score (nSPS) is 16.1. The molecule has 116 valence electrons. The monoisotopic (exact) mass is 323 g/mol. The van der Waals surface area contributed by atoms with E-state index in [9.17, 15) is 4.79 Å². The highest BCUT2D eigenvalue weighted by Gasteiger charge is 2.24. The number of hydrogen-bond donors (Lipinski definition) is 1. The van der Waals surface area contributed by atoms with Gasteiger partial charge in [-0.15, -0.1) is 24.8 Å². The van der Waals surface area contributed by atoms with Gasteiger partial charge in [0.1, 0.15) is 0 Å². The van der Waals surface area contributed by atoms with Gasteiger partial charge in [0.15, 0.2) is 0 Å². The zero-order valence-electron chi connectivity index (χ0n) is 11.9. The van der Waals surface area contributed by atoms with Gasteiger partial charge in [0.25, 0.3) is 0 Å². The molecular formula is C12H23Cl2N5O. The fourth-order valence-corrected chi connectivity index (χ4v) is 2.17. The van der Waals surface area contributed by atoms with Gasteiger partial charge in [-0.3, -0.25) is 9.48 Å². The maximum absolute atomic E-state index is 11.9. The molecule has 1 aliphatic rings. The summed E-state index contributed by atoms with van der Waals surface area (Å²) in [5.74, 6) is 0.0725. The minimum absolute atomic E-state index is 0. The Morgan fingerprint density at radius 3 is 2.40 bits per heavy atom. The van der Waals surface area contributed by atoms with Crippen LogP contribution in [0.15, 0.2) is 12.4 Å². The minimum Gasteiger partial charge on any atom is -0.365 e. The molecule has 1 fully saturated rings. The number of carbonyl (C=O) groups is 1. The molecule has 0 aromatic carbocycles. The maximum atomic E-state index is 11.9. The molecule has 1 saturated heterocycles. The van der Waals surface area contributed by atoms with Crippen LogP contribution in [0.1, 0.15) is 13.3 Å². The predicted octanol–water partition coefficient (Wildman–Crippen LogP) is 0.650. The number of hydrogen-bond acceptors (Lipinski definition) is 4. The van der Waals surface area contributed by atoms with E-state index in [1.54, 1.807) is 4.68 Å². The summed E-state index contributed by atoms with van der Waals surface area (Å²) in [5, 5.41) is 4.16. The summed E-state index contributed by atoms with van der Waals surface area (Å²) < 4.78 is 1.79. The van der Waals surface area contributed by atoms with E-state index in [2.05, 4.69) is 10.00 Å². The van der Waals surface area contributed by atoms with Crippen LogP contribution in [0.5, 0.6) is 0 Å². The Bertz CT molecular complexity index is 418. The van der Waals surface area contributed by atoms with Gasteiger partial charge in [0, 0.05) is 39.4 Å². The Balaban J connectivity index is 0.00000180. The Morgan fingerprint density at radius 2 is 1.95 bits per heavy atom. The number of rotatable bonds is 3. The number of nitrogens with zero attached hydrogens (tertiary/aromatic N) is 4. The predicted molar refractivity (Wildman–Crippen MR) is 84.8 cm³/mol. The summed E-state index contributed by atoms with van der Waals surface area (Å²) in [6.45, 7) is 5.10. The van der Waals surface area contributed by atoms with Gasteiger partial charge in [-0.2, -0.15) is 5.10 Å². The van der Waals surface area contributed by atoms with E-state index in [1.165, 1.54) is 0 Å². The van der Waals surface area contributed by atoms with Crippen molar-refractivity contribution in [2.75, 3.05) is 31.1 Å². The highest BCUT2D eigenvalue weighted by molar-refractivity contribution is 5.85. The molecule has 0 radical (unpaired) electrons. The van der Waals surface area contributed by atoms with E-state index in [0.717, 1.165) is 31.9 Å². The maximum Gasteiger partial charge on any atom is 0.239 e. The number of carbonyl (C=O) groups excluding carboxylic acids is 1. The second-order valence-corrected chi connectivity index (χ2v) is 4.70. The first-order valence-corrected chi connectivity index (χ1v) is 6.39. The lowest BCUT2D eigenvalue weighted by Gasteiger charge is -2.36. The summed E-state index contributed by atoms with van der Waals surface area (Å²) in [4.78, 5) is 16.0. The molecule has 2 N–H and O–H groups in total. The third-order valence-electron chi connectivity index (χ3n) is 3.40. The van der Waals surface area contributed by atoms with Crippen LogP contribution in [0.2, 0.25) is 0 Å². The minimum atomic E-state index is -0.352. The Kier molecular flexibility index (Phi) is 7.93. The Morgan fingerprint density at radius 1 is 1.35 bits per heavy atom. The summed E-state index contributed by atoms with van der Waals surface area (Å²) in [6, 6.07) is -0.352. The van der Waals surface area contributed by atoms with Crippen LogP contribution in [0.4, 0.5) is 5.69 Å². The Hall–Kier alpha value is -0.980. The fourth-order valence-electron chi connectivity index (χ4n) is 2.17. The summed E-state index contributed by atoms with van der Waals surface area (Å²) in [5.41, 5.74) is 6.89. The Labute approximate surface area is 132 Å². The SMILES string of the molecule is CC[C@H](N)C(=O)N1CCN(c2cnn(C)c2)CC1.Cl.Cl. The third kappa shape index (κ3) is 4.26. The standard InChI is InChI=1S/C12H21N5O.2ClH/c1-3-11(13)12(18)17-6-4-16(5-7-17)10-8-14-15(2)9-10;;/h8-9,11H,3-7,13H2,1-2H3;2*1H/t11-;;/m0../s1. The van der Waals surface area contributed by atoms with E-state index in [-0.39, 0.29) is 36.8 Å². The number of nitrogens with two attached hydrogens (primary N) is 1. The van der Waals surface area contributed by atoms with Gasteiger partial charge in [-0.1, -0.05) is 6.92 Å². The van der Waals surface area contributed by atoms with Crippen LogP contribution in [0.3, 0.4) is 0 Å². The number of aryl methyl sites for hydroxylation is 1. The molecule has 1 atom stereocenters. The van der Waals surface area contributed by atoms with Crippen molar-refractivity contribution in [1.82, 2.24) is 14.7 Å². The number of halogens is 2. The molecule has 0 saturated carbocycles. The van der Waals surface area contributed by atoms with Crippen LogP contribution < -0.4 is 10.6 Å². The molecule has 0 spiro atoms. The first-order valence-electron chi connectivity index (χ1n) is 6.39. The molecule has 0 aliphatic carbocycles. The highest BCUT2D eigenvalue weighted by Crippen LogP contribution is 2.15. The molecule has 1 aliphatic heterocycles. The van der Waals surface area contributed by atoms with Crippen molar-refractivity contribution < 1.29 is 4.79 Å². The van der Waals surface area contributed by atoms with Gasteiger partial charge in [-0.25, -0.2) is 0 Å². The van der Waals surface area contributed by atoms with Crippen molar-refractivity contribution in [3.63, 3.8) is 0 Å². The van der Waals surface area contributed by atoms with E-state index < -0.39 is 0 Å². The topological polar surface area (TPSA) is 67.4 Å². The van der Waals surface area contributed by atoms with Gasteiger partial charge in [0.05, 0.1) is 17.9 Å². The number of amides is 1.